The van der Waals surface area contributed by atoms with Crippen molar-refractivity contribution in [2.45, 2.75) is 31.7 Å². The number of aromatic nitrogens is 2. The molecule has 0 radical (unpaired) electrons. The monoisotopic (exact) mass is 394 g/mol. The fraction of sp³-hybridized carbons (Fsp3) is 0.318. The van der Waals surface area contributed by atoms with Crippen molar-refractivity contribution in [3.8, 4) is 0 Å². The van der Waals surface area contributed by atoms with Crippen LogP contribution in [0.3, 0.4) is 0 Å². The van der Waals surface area contributed by atoms with Crippen LogP contribution in [0.2, 0.25) is 0 Å². The number of hydrogen-bond donors (Lipinski definition) is 2. The number of carbonyl (C=O) groups is 1. The van der Waals surface area contributed by atoms with E-state index in [9.17, 15) is 4.79 Å². The second-order valence-electron chi connectivity index (χ2n) is 7.60. The van der Waals surface area contributed by atoms with Gasteiger partial charge in [0, 0.05) is 42.1 Å². The predicted octanol–water partition coefficient (Wildman–Crippen LogP) is 2.92. The first-order valence-corrected chi connectivity index (χ1v) is 9.73. The van der Waals surface area contributed by atoms with Gasteiger partial charge in [-0.05, 0) is 29.4 Å². The van der Waals surface area contributed by atoms with Crippen LogP contribution >= 0.6 is 12.2 Å². The van der Waals surface area contributed by atoms with E-state index in [4.69, 9.17) is 18.0 Å². The van der Waals surface area contributed by atoms with Gasteiger partial charge in [-0.15, -0.1) is 0 Å². The molecular weight excluding hydrogens is 368 g/mol. The van der Waals surface area contributed by atoms with E-state index in [-0.39, 0.29) is 17.4 Å². The summed E-state index contributed by atoms with van der Waals surface area (Å²) < 4.78 is 1.79. The molecule has 3 rings (SSSR count). The van der Waals surface area contributed by atoms with Crippen molar-refractivity contribution in [1.82, 2.24) is 15.1 Å². The fourth-order valence-electron chi connectivity index (χ4n) is 3.52. The second-order valence-corrected chi connectivity index (χ2v) is 8.13. The van der Waals surface area contributed by atoms with Crippen molar-refractivity contribution < 1.29 is 4.79 Å². The number of carbonyl (C=O) groups excluding carboxylic acids is 1. The zero-order valence-corrected chi connectivity index (χ0v) is 17.3. The number of aryl methyl sites for hydroxylation is 1. The summed E-state index contributed by atoms with van der Waals surface area (Å²) in [5, 5.41) is 7.33. The Bertz CT molecular complexity index is 940. The van der Waals surface area contributed by atoms with E-state index >= 15 is 0 Å². The number of hydrogen-bond acceptors (Lipinski definition) is 4. The van der Waals surface area contributed by atoms with Gasteiger partial charge in [-0.3, -0.25) is 9.48 Å². The lowest BCUT2D eigenvalue weighted by molar-refractivity contribution is -0.118. The third-order valence-electron chi connectivity index (χ3n) is 5.35. The van der Waals surface area contributed by atoms with E-state index in [1.165, 1.54) is 0 Å². The Balaban J connectivity index is 1.83. The van der Waals surface area contributed by atoms with Crippen LogP contribution in [0.1, 0.15) is 31.5 Å². The zero-order valence-electron chi connectivity index (χ0n) is 16.5. The number of rotatable bonds is 6. The van der Waals surface area contributed by atoms with Crippen molar-refractivity contribution in [1.29, 1.82) is 0 Å². The second kappa shape index (κ2) is 8.20. The summed E-state index contributed by atoms with van der Waals surface area (Å²) in [4.78, 5) is 13.8. The number of allylic oxidation sites excluding steroid dienone is 2. The Morgan fingerprint density at radius 1 is 1.29 bits per heavy atom. The first-order chi connectivity index (χ1) is 13.3. The minimum absolute atomic E-state index is 0.166. The van der Waals surface area contributed by atoms with Crippen LogP contribution in [0, 0.1) is 0 Å². The van der Waals surface area contributed by atoms with Gasteiger partial charge < -0.3 is 11.1 Å². The molecule has 0 aliphatic heterocycles. The van der Waals surface area contributed by atoms with Crippen LogP contribution in [0.15, 0.2) is 60.3 Å². The molecule has 28 heavy (non-hydrogen) atoms. The van der Waals surface area contributed by atoms with E-state index in [2.05, 4.69) is 36.4 Å². The number of nitrogens with zero attached hydrogens (tertiary/aromatic N) is 2. The highest BCUT2D eigenvalue weighted by Crippen LogP contribution is 2.28. The van der Waals surface area contributed by atoms with Gasteiger partial charge in [0.1, 0.15) is 0 Å². The van der Waals surface area contributed by atoms with Crippen molar-refractivity contribution >= 4 is 28.6 Å². The van der Waals surface area contributed by atoms with Crippen molar-refractivity contribution in [2.24, 2.45) is 12.8 Å². The van der Waals surface area contributed by atoms with Gasteiger partial charge >= 0.3 is 0 Å². The molecule has 1 aliphatic carbocycles. The SMILES string of the molecule is Cn1nccc1C1=CC(C(=O)NC(CN)C(C)(C)c2ccccc2)=CC(=S)C1. The van der Waals surface area contributed by atoms with Gasteiger partial charge in [0.25, 0.3) is 5.91 Å². The molecule has 2 aromatic rings. The van der Waals surface area contributed by atoms with Gasteiger partial charge in [-0.2, -0.15) is 5.10 Å². The summed E-state index contributed by atoms with van der Waals surface area (Å²) in [5.41, 5.74) is 9.36. The Hall–Kier alpha value is -2.57. The quantitative estimate of drug-likeness (QED) is 0.739. The predicted molar refractivity (Wildman–Crippen MR) is 117 cm³/mol. The molecule has 6 heteroatoms. The molecule has 1 aromatic carbocycles. The highest BCUT2D eigenvalue weighted by Gasteiger charge is 2.32. The molecule has 146 valence electrons. The van der Waals surface area contributed by atoms with Crippen LogP contribution in [0.4, 0.5) is 0 Å². The van der Waals surface area contributed by atoms with Crippen molar-refractivity contribution in [2.75, 3.05) is 6.54 Å². The molecule has 1 aliphatic rings. The maximum absolute atomic E-state index is 13.0. The van der Waals surface area contributed by atoms with Crippen molar-refractivity contribution in [3.05, 3.63) is 71.6 Å². The molecule has 0 saturated carbocycles. The van der Waals surface area contributed by atoms with Gasteiger partial charge in [0.15, 0.2) is 0 Å². The molecule has 1 unspecified atom stereocenters. The van der Waals surface area contributed by atoms with E-state index in [0.717, 1.165) is 21.7 Å². The number of benzene rings is 1. The van der Waals surface area contributed by atoms with Crippen molar-refractivity contribution in [3.63, 3.8) is 0 Å². The average molecular weight is 395 g/mol. The lowest BCUT2D eigenvalue weighted by atomic mass is 9.77. The maximum atomic E-state index is 13.0. The lowest BCUT2D eigenvalue weighted by Gasteiger charge is -2.35. The largest absolute Gasteiger partial charge is 0.347 e. The van der Waals surface area contributed by atoms with Crippen LogP contribution < -0.4 is 11.1 Å². The normalized spacial score (nSPS) is 15.6. The lowest BCUT2D eigenvalue weighted by Crippen LogP contribution is -2.52. The molecular formula is C22H26N4OS. The van der Waals surface area contributed by atoms with E-state index < -0.39 is 0 Å². The smallest absolute Gasteiger partial charge is 0.251 e. The standard InChI is InChI=1S/C22H26N4OS/c1-22(2,17-7-5-4-6-8-17)20(14-23)25-21(27)16-11-15(12-18(28)13-16)19-9-10-24-26(19)3/h4-11,13,20H,12,14,23H2,1-3H3,(H,25,27). The van der Waals surface area contributed by atoms with Gasteiger partial charge in [0.2, 0.25) is 0 Å². The molecule has 1 aromatic heterocycles. The van der Waals surface area contributed by atoms with Crippen LogP contribution in [0.25, 0.3) is 5.57 Å². The molecule has 3 N–H and O–H groups in total. The molecule has 1 atom stereocenters. The molecule has 0 saturated heterocycles. The van der Waals surface area contributed by atoms with Gasteiger partial charge in [-0.1, -0.05) is 56.4 Å². The summed E-state index contributed by atoms with van der Waals surface area (Å²) in [7, 11) is 1.88. The molecule has 1 amide bonds. The van der Waals surface area contributed by atoms with E-state index in [0.29, 0.717) is 18.5 Å². The molecule has 5 nitrogen and oxygen atoms in total. The minimum atomic E-state index is -0.310. The maximum Gasteiger partial charge on any atom is 0.251 e. The average Bonchev–Trinajstić information content (AvgIpc) is 3.12. The Labute approximate surface area is 171 Å². The molecule has 1 heterocycles. The molecule has 0 bridgehead atoms. The zero-order chi connectivity index (χ0) is 20.3. The van der Waals surface area contributed by atoms with Crippen LogP contribution in [-0.4, -0.2) is 33.1 Å². The number of nitrogens with one attached hydrogen (secondary N) is 1. The van der Waals surface area contributed by atoms with Gasteiger partial charge in [-0.25, -0.2) is 0 Å². The Morgan fingerprint density at radius 3 is 2.61 bits per heavy atom. The highest BCUT2D eigenvalue weighted by atomic mass is 32.1. The van der Waals surface area contributed by atoms with Crippen LogP contribution in [0.5, 0.6) is 0 Å². The molecule has 0 spiro atoms. The Morgan fingerprint density at radius 2 is 2.00 bits per heavy atom. The van der Waals surface area contributed by atoms with E-state index in [1.54, 1.807) is 17.0 Å². The summed E-state index contributed by atoms with van der Waals surface area (Å²) in [5.74, 6) is -0.166. The Kier molecular flexibility index (Phi) is 5.91. The third kappa shape index (κ3) is 4.13. The molecule has 0 fully saturated rings. The first kappa shape index (κ1) is 20.2. The number of nitrogens with two attached hydrogens (primary N) is 1. The third-order valence-corrected chi connectivity index (χ3v) is 5.62. The minimum Gasteiger partial charge on any atom is -0.347 e. The van der Waals surface area contributed by atoms with Crippen LogP contribution in [-0.2, 0) is 17.3 Å². The fourth-order valence-corrected chi connectivity index (χ4v) is 3.80. The van der Waals surface area contributed by atoms with Gasteiger partial charge in [0.05, 0.1) is 11.7 Å². The first-order valence-electron chi connectivity index (χ1n) is 9.33. The van der Waals surface area contributed by atoms with E-state index in [1.807, 2.05) is 37.4 Å². The summed E-state index contributed by atoms with van der Waals surface area (Å²) >= 11 is 5.44. The number of thiocarbonyl (C=S) groups is 1. The summed E-state index contributed by atoms with van der Waals surface area (Å²) in [6.07, 6.45) is 6.03. The summed E-state index contributed by atoms with van der Waals surface area (Å²) in [6.45, 7) is 4.53. The number of amides is 1. The topological polar surface area (TPSA) is 72.9 Å². The highest BCUT2D eigenvalue weighted by molar-refractivity contribution is 7.80. The summed E-state index contributed by atoms with van der Waals surface area (Å²) in [6, 6.07) is 11.8.